The van der Waals surface area contributed by atoms with Crippen LogP contribution in [0.5, 0.6) is 11.5 Å². The Morgan fingerprint density at radius 1 is 0.946 bits per heavy atom. The fourth-order valence-electron chi connectivity index (χ4n) is 3.91. The first kappa shape index (κ1) is 28.7. The molecule has 0 aliphatic carbocycles. The molecule has 2 aromatic rings. The number of rotatable bonds is 12. The quantitative estimate of drug-likeness (QED) is 0.199. The highest BCUT2D eigenvalue weighted by Gasteiger charge is 2.25. The van der Waals surface area contributed by atoms with Gasteiger partial charge in [-0.15, -0.1) is 0 Å². The van der Waals surface area contributed by atoms with Crippen molar-refractivity contribution in [2.24, 2.45) is 17.1 Å². The molecule has 0 amide bonds. The largest absolute Gasteiger partial charge is 0.494 e. The van der Waals surface area contributed by atoms with Gasteiger partial charge in [0.2, 0.25) is 0 Å². The number of hydrogen-bond donors (Lipinski definition) is 1. The lowest BCUT2D eigenvalue weighted by atomic mass is 9.78. The van der Waals surface area contributed by atoms with Crippen LogP contribution in [-0.2, 0) is 18.8 Å². The number of carbonyl (C=O) groups excluding carboxylic acids is 2. The first-order chi connectivity index (χ1) is 17.7. The van der Waals surface area contributed by atoms with Gasteiger partial charge in [0, 0.05) is 19.8 Å². The number of hydrogen-bond acceptors (Lipinski definition) is 8. The summed E-state index contributed by atoms with van der Waals surface area (Å²) in [6.07, 6.45) is 3.02. The van der Waals surface area contributed by atoms with Crippen molar-refractivity contribution in [2.75, 3.05) is 33.0 Å². The summed E-state index contributed by atoms with van der Waals surface area (Å²) in [5.41, 5.74) is 7.07. The lowest BCUT2D eigenvalue weighted by Gasteiger charge is -2.23. The normalized spacial score (nSPS) is 14.6. The van der Waals surface area contributed by atoms with Gasteiger partial charge >= 0.3 is 19.1 Å². The van der Waals surface area contributed by atoms with Gasteiger partial charge in [-0.1, -0.05) is 32.9 Å². The summed E-state index contributed by atoms with van der Waals surface area (Å²) >= 11 is 0. The second-order valence-corrected chi connectivity index (χ2v) is 10.3. The minimum absolute atomic E-state index is 0.0224. The molecule has 37 heavy (non-hydrogen) atoms. The standard InChI is InChI=1S/C28H38BNO7/c1-28(2,3)19-22(20-30)26(31)34-16-5-4-15-33-24-11-7-21(8-12-24)27(32)37-25-13-9-23(10-14-25)29-35-17-6-18-36-29/h7-14,22H,4-6,15-20,30H2,1-3H3. The number of carbonyl (C=O) groups is 2. The average Bonchev–Trinajstić information content (AvgIpc) is 2.90. The summed E-state index contributed by atoms with van der Waals surface area (Å²) in [6, 6.07) is 13.9. The fraction of sp³-hybridized carbons (Fsp3) is 0.500. The summed E-state index contributed by atoms with van der Waals surface area (Å²) in [5, 5.41) is 0. The topological polar surface area (TPSA) is 106 Å². The predicted molar refractivity (Wildman–Crippen MR) is 142 cm³/mol. The van der Waals surface area contributed by atoms with Crippen LogP contribution < -0.4 is 20.7 Å². The van der Waals surface area contributed by atoms with Crippen molar-refractivity contribution in [2.45, 2.75) is 46.5 Å². The maximum atomic E-state index is 12.5. The van der Waals surface area contributed by atoms with Gasteiger partial charge in [-0.05, 0) is 73.0 Å². The molecule has 200 valence electrons. The van der Waals surface area contributed by atoms with E-state index in [4.69, 9.17) is 29.3 Å². The summed E-state index contributed by atoms with van der Waals surface area (Å²) in [6.45, 7) is 8.70. The van der Waals surface area contributed by atoms with Crippen LogP contribution in [0.15, 0.2) is 48.5 Å². The molecule has 1 atom stereocenters. The molecule has 0 radical (unpaired) electrons. The monoisotopic (exact) mass is 511 g/mol. The minimum atomic E-state index is -0.450. The molecular formula is C28H38BNO7. The molecular weight excluding hydrogens is 473 g/mol. The van der Waals surface area contributed by atoms with E-state index in [1.807, 2.05) is 12.1 Å². The smallest absolute Gasteiger partial charge is 0.493 e. The van der Waals surface area contributed by atoms with Gasteiger partial charge in [-0.3, -0.25) is 4.79 Å². The highest BCUT2D eigenvalue weighted by molar-refractivity contribution is 6.61. The van der Waals surface area contributed by atoms with E-state index in [2.05, 4.69) is 20.8 Å². The van der Waals surface area contributed by atoms with E-state index >= 15 is 0 Å². The minimum Gasteiger partial charge on any atom is -0.494 e. The van der Waals surface area contributed by atoms with E-state index in [1.54, 1.807) is 36.4 Å². The van der Waals surface area contributed by atoms with E-state index in [0.29, 0.717) is 62.9 Å². The van der Waals surface area contributed by atoms with Crippen molar-refractivity contribution in [3.05, 3.63) is 54.1 Å². The molecule has 1 aliphatic rings. The van der Waals surface area contributed by atoms with Crippen LogP contribution in [0.2, 0.25) is 0 Å². The molecule has 2 N–H and O–H groups in total. The zero-order valence-corrected chi connectivity index (χ0v) is 22.1. The van der Waals surface area contributed by atoms with Gasteiger partial charge in [0.15, 0.2) is 0 Å². The Balaban J connectivity index is 1.35. The Morgan fingerprint density at radius 2 is 1.57 bits per heavy atom. The Morgan fingerprint density at radius 3 is 2.19 bits per heavy atom. The Hall–Kier alpha value is -2.88. The SMILES string of the molecule is CC(C)(C)CC(CN)C(=O)OCCCCOc1ccc(C(=O)Oc2ccc(B3OCCCO3)cc2)cc1. The number of nitrogens with two attached hydrogens (primary N) is 1. The lowest BCUT2D eigenvalue weighted by molar-refractivity contribution is -0.149. The zero-order valence-electron chi connectivity index (χ0n) is 22.1. The molecule has 0 aromatic heterocycles. The Labute approximate surface area is 219 Å². The van der Waals surface area contributed by atoms with Gasteiger partial charge < -0.3 is 29.3 Å². The summed E-state index contributed by atoms with van der Waals surface area (Å²) in [5.74, 6) is 0.143. The van der Waals surface area contributed by atoms with Crippen LogP contribution >= 0.6 is 0 Å². The molecule has 1 saturated heterocycles. The number of benzene rings is 2. The predicted octanol–water partition coefficient (Wildman–Crippen LogP) is 3.75. The third-order valence-electron chi connectivity index (χ3n) is 5.81. The molecule has 9 heteroatoms. The second kappa shape index (κ2) is 14.2. The van der Waals surface area contributed by atoms with E-state index in [-0.39, 0.29) is 24.4 Å². The van der Waals surface area contributed by atoms with Crippen LogP contribution in [0.3, 0.4) is 0 Å². The van der Waals surface area contributed by atoms with E-state index in [0.717, 1.165) is 18.3 Å². The van der Waals surface area contributed by atoms with Crippen molar-refractivity contribution in [1.82, 2.24) is 0 Å². The Kier molecular flexibility index (Phi) is 11.0. The fourth-order valence-corrected chi connectivity index (χ4v) is 3.91. The highest BCUT2D eigenvalue weighted by atomic mass is 16.6. The Bertz CT molecular complexity index is 983. The third kappa shape index (κ3) is 9.83. The molecule has 1 fully saturated rings. The molecule has 0 bridgehead atoms. The van der Waals surface area contributed by atoms with Gasteiger partial charge in [0.25, 0.3) is 0 Å². The van der Waals surface area contributed by atoms with Crippen LogP contribution in [0.25, 0.3) is 0 Å². The van der Waals surface area contributed by atoms with Crippen molar-refractivity contribution in [1.29, 1.82) is 0 Å². The molecule has 8 nitrogen and oxygen atoms in total. The van der Waals surface area contributed by atoms with Crippen molar-refractivity contribution >= 4 is 24.5 Å². The lowest BCUT2D eigenvalue weighted by Crippen LogP contribution is -2.40. The highest BCUT2D eigenvalue weighted by Crippen LogP contribution is 2.24. The van der Waals surface area contributed by atoms with Gasteiger partial charge in [0.05, 0.1) is 24.7 Å². The van der Waals surface area contributed by atoms with Crippen LogP contribution in [0.4, 0.5) is 0 Å². The van der Waals surface area contributed by atoms with E-state index < -0.39 is 5.97 Å². The van der Waals surface area contributed by atoms with Crippen LogP contribution in [-0.4, -0.2) is 52.0 Å². The molecule has 0 saturated carbocycles. The first-order valence-electron chi connectivity index (χ1n) is 12.9. The van der Waals surface area contributed by atoms with E-state index in [9.17, 15) is 9.59 Å². The third-order valence-corrected chi connectivity index (χ3v) is 5.81. The molecule has 1 heterocycles. The van der Waals surface area contributed by atoms with Gasteiger partial charge in [-0.25, -0.2) is 4.79 Å². The summed E-state index contributed by atoms with van der Waals surface area (Å²) in [7, 11) is -0.372. The van der Waals surface area contributed by atoms with Gasteiger partial charge in [-0.2, -0.15) is 0 Å². The van der Waals surface area contributed by atoms with Crippen LogP contribution in [0.1, 0.15) is 56.8 Å². The summed E-state index contributed by atoms with van der Waals surface area (Å²) in [4.78, 5) is 24.7. The van der Waals surface area contributed by atoms with Crippen LogP contribution in [0, 0.1) is 11.3 Å². The summed E-state index contributed by atoms with van der Waals surface area (Å²) < 4.78 is 27.8. The first-order valence-corrected chi connectivity index (χ1v) is 12.9. The van der Waals surface area contributed by atoms with Crippen molar-refractivity contribution in [3.8, 4) is 11.5 Å². The number of ether oxygens (including phenoxy) is 3. The maximum absolute atomic E-state index is 12.5. The zero-order chi connectivity index (χ0) is 26.7. The number of unbranched alkanes of at least 4 members (excludes halogenated alkanes) is 1. The van der Waals surface area contributed by atoms with Crippen molar-refractivity contribution < 1.29 is 33.1 Å². The average molecular weight is 511 g/mol. The molecule has 1 aliphatic heterocycles. The molecule has 1 unspecified atom stereocenters. The van der Waals surface area contributed by atoms with Crippen molar-refractivity contribution in [3.63, 3.8) is 0 Å². The molecule has 0 spiro atoms. The molecule has 3 rings (SSSR count). The number of esters is 2. The molecule has 2 aromatic carbocycles. The van der Waals surface area contributed by atoms with E-state index in [1.165, 1.54) is 0 Å². The maximum Gasteiger partial charge on any atom is 0.493 e. The second-order valence-electron chi connectivity index (χ2n) is 10.3. The van der Waals surface area contributed by atoms with Gasteiger partial charge in [0.1, 0.15) is 11.5 Å².